The fraction of sp³-hybridized carbons (Fsp3) is 0.125. The van der Waals surface area contributed by atoms with Gasteiger partial charge in [0.05, 0.1) is 17.6 Å². The van der Waals surface area contributed by atoms with Gasteiger partial charge in [0.25, 0.3) is 5.56 Å². The molecule has 1 aromatic heterocycles. The molecule has 144 valence electrons. The van der Waals surface area contributed by atoms with E-state index >= 15 is 0 Å². The lowest BCUT2D eigenvalue weighted by molar-refractivity contribution is -0.122. The van der Waals surface area contributed by atoms with Gasteiger partial charge in [0.2, 0.25) is 5.91 Å². The van der Waals surface area contributed by atoms with Crippen LogP contribution in [0.3, 0.4) is 0 Å². The molecule has 0 aliphatic rings. The highest BCUT2D eigenvalue weighted by atomic mass is 16.2. The van der Waals surface area contributed by atoms with Crippen molar-refractivity contribution in [1.29, 1.82) is 0 Å². The maximum atomic E-state index is 12.5. The van der Waals surface area contributed by atoms with Crippen LogP contribution in [0.5, 0.6) is 0 Å². The number of amides is 1. The molecule has 1 N–H and O–H groups in total. The molecule has 4 aromatic rings. The van der Waals surface area contributed by atoms with E-state index in [0.29, 0.717) is 5.39 Å². The molecule has 29 heavy (non-hydrogen) atoms. The monoisotopic (exact) mass is 383 g/mol. The Morgan fingerprint density at radius 3 is 2.34 bits per heavy atom. The van der Waals surface area contributed by atoms with Crippen molar-refractivity contribution in [2.45, 2.75) is 19.5 Å². The van der Waals surface area contributed by atoms with Crippen LogP contribution in [0.4, 0.5) is 0 Å². The first-order chi connectivity index (χ1) is 14.1. The van der Waals surface area contributed by atoms with Crippen LogP contribution in [-0.4, -0.2) is 15.7 Å². The summed E-state index contributed by atoms with van der Waals surface area (Å²) in [4.78, 5) is 25.0. The van der Waals surface area contributed by atoms with Crippen LogP contribution in [0.15, 0.2) is 89.9 Å². The van der Waals surface area contributed by atoms with E-state index in [9.17, 15) is 9.59 Å². The Morgan fingerprint density at radius 2 is 1.59 bits per heavy atom. The number of nitrogens with zero attached hydrogens (tertiary/aromatic N) is 2. The van der Waals surface area contributed by atoms with Crippen molar-refractivity contribution in [1.82, 2.24) is 15.1 Å². The molecule has 1 unspecified atom stereocenters. The first-order valence-corrected chi connectivity index (χ1v) is 9.51. The van der Waals surface area contributed by atoms with Crippen LogP contribution in [0.25, 0.3) is 21.9 Å². The lowest BCUT2D eigenvalue weighted by atomic mass is 10.0. The van der Waals surface area contributed by atoms with E-state index in [1.54, 1.807) is 18.3 Å². The van der Waals surface area contributed by atoms with E-state index < -0.39 is 0 Å². The van der Waals surface area contributed by atoms with Gasteiger partial charge in [-0.3, -0.25) is 9.59 Å². The van der Waals surface area contributed by atoms with Crippen molar-refractivity contribution in [3.63, 3.8) is 0 Å². The highest BCUT2D eigenvalue weighted by Gasteiger charge is 2.12. The van der Waals surface area contributed by atoms with Gasteiger partial charge in [-0.2, -0.15) is 5.10 Å². The lowest BCUT2D eigenvalue weighted by Gasteiger charge is -2.15. The van der Waals surface area contributed by atoms with Gasteiger partial charge in [-0.1, -0.05) is 72.8 Å². The Hall–Kier alpha value is -3.73. The number of nitrogens with one attached hydrogen (secondary N) is 1. The Kier molecular flexibility index (Phi) is 5.20. The van der Waals surface area contributed by atoms with Gasteiger partial charge < -0.3 is 5.32 Å². The second-order valence-corrected chi connectivity index (χ2v) is 6.97. The number of carbonyl (C=O) groups excluding carboxylic acids is 1. The number of carbonyl (C=O) groups is 1. The molecule has 0 saturated heterocycles. The van der Waals surface area contributed by atoms with Gasteiger partial charge in [-0.15, -0.1) is 0 Å². The highest BCUT2D eigenvalue weighted by Crippen LogP contribution is 2.21. The first kappa shape index (κ1) is 18.6. The van der Waals surface area contributed by atoms with Crippen LogP contribution in [-0.2, 0) is 11.3 Å². The van der Waals surface area contributed by atoms with Crippen LogP contribution >= 0.6 is 0 Å². The molecule has 1 atom stereocenters. The number of aromatic nitrogens is 2. The van der Waals surface area contributed by atoms with Crippen molar-refractivity contribution < 1.29 is 4.79 Å². The number of fused-ring (bicyclic) bond motifs is 1. The summed E-state index contributed by atoms with van der Waals surface area (Å²) >= 11 is 0. The Labute approximate surface area is 168 Å². The van der Waals surface area contributed by atoms with Gasteiger partial charge >= 0.3 is 0 Å². The van der Waals surface area contributed by atoms with Crippen LogP contribution < -0.4 is 10.9 Å². The Balaban J connectivity index is 1.45. The molecule has 0 aliphatic heterocycles. The smallest absolute Gasteiger partial charge is 0.275 e. The number of benzene rings is 3. The fourth-order valence-corrected chi connectivity index (χ4v) is 3.34. The zero-order valence-corrected chi connectivity index (χ0v) is 16.1. The average molecular weight is 383 g/mol. The molecular formula is C24H21N3O2. The van der Waals surface area contributed by atoms with E-state index in [1.165, 1.54) is 4.68 Å². The zero-order chi connectivity index (χ0) is 20.2. The summed E-state index contributed by atoms with van der Waals surface area (Å²) in [6.07, 6.45) is 1.61. The second-order valence-electron chi connectivity index (χ2n) is 6.97. The van der Waals surface area contributed by atoms with Crippen molar-refractivity contribution in [2.75, 3.05) is 0 Å². The van der Waals surface area contributed by atoms with E-state index in [0.717, 1.165) is 22.1 Å². The molecule has 0 bridgehead atoms. The number of hydrogen-bond donors (Lipinski definition) is 1. The minimum atomic E-state index is -0.266. The van der Waals surface area contributed by atoms with Gasteiger partial charge in [0.1, 0.15) is 6.54 Å². The molecule has 4 rings (SSSR count). The summed E-state index contributed by atoms with van der Waals surface area (Å²) < 4.78 is 1.20. The van der Waals surface area contributed by atoms with Crippen LogP contribution in [0, 0.1) is 0 Å². The molecule has 0 aliphatic carbocycles. The van der Waals surface area contributed by atoms with Gasteiger partial charge in [-0.25, -0.2) is 4.68 Å². The maximum absolute atomic E-state index is 12.5. The molecule has 3 aromatic carbocycles. The average Bonchev–Trinajstić information content (AvgIpc) is 2.76. The molecule has 0 saturated carbocycles. The van der Waals surface area contributed by atoms with Crippen LogP contribution in [0.1, 0.15) is 18.5 Å². The van der Waals surface area contributed by atoms with Crippen molar-refractivity contribution >= 4 is 16.7 Å². The molecule has 5 nitrogen and oxygen atoms in total. The topological polar surface area (TPSA) is 64.0 Å². The predicted octanol–water partition coefficient (Wildman–Crippen LogP) is 3.94. The third kappa shape index (κ3) is 4.09. The molecule has 1 amide bonds. The van der Waals surface area contributed by atoms with E-state index in [4.69, 9.17) is 0 Å². The summed E-state index contributed by atoms with van der Waals surface area (Å²) in [5, 5.41) is 8.38. The summed E-state index contributed by atoms with van der Waals surface area (Å²) in [7, 11) is 0. The highest BCUT2D eigenvalue weighted by molar-refractivity contribution is 5.81. The van der Waals surface area contributed by atoms with Crippen molar-refractivity contribution in [3.8, 4) is 11.1 Å². The normalized spacial score (nSPS) is 11.9. The standard InChI is InChI=1S/C24H21N3O2/c1-17(18-11-13-20(14-12-18)19-7-3-2-4-8-19)26-23(28)16-27-24(29)22-10-6-5-9-21(22)15-25-27/h2-15,17H,16H2,1H3,(H,26,28). The molecule has 0 radical (unpaired) electrons. The molecular weight excluding hydrogens is 362 g/mol. The first-order valence-electron chi connectivity index (χ1n) is 9.51. The van der Waals surface area contributed by atoms with E-state index in [2.05, 4.69) is 22.5 Å². The lowest BCUT2D eigenvalue weighted by Crippen LogP contribution is -2.34. The van der Waals surface area contributed by atoms with Crippen LogP contribution in [0.2, 0.25) is 0 Å². The summed E-state index contributed by atoms with van der Waals surface area (Å²) in [6.45, 7) is 1.81. The van der Waals surface area contributed by atoms with Gasteiger partial charge in [-0.05, 0) is 29.7 Å². The summed E-state index contributed by atoms with van der Waals surface area (Å²) in [5.41, 5.74) is 3.01. The predicted molar refractivity (Wildman–Crippen MR) is 114 cm³/mol. The molecule has 0 fully saturated rings. The zero-order valence-electron chi connectivity index (χ0n) is 16.1. The van der Waals surface area contributed by atoms with Crippen molar-refractivity contribution in [3.05, 3.63) is 101 Å². The fourth-order valence-electron chi connectivity index (χ4n) is 3.34. The third-order valence-corrected chi connectivity index (χ3v) is 4.95. The van der Waals surface area contributed by atoms with E-state index in [-0.39, 0.29) is 24.1 Å². The Bertz CT molecular complexity index is 1200. The largest absolute Gasteiger partial charge is 0.348 e. The quantitative estimate of drug-likeness (QED) is 0.568. The summed E-state index contributed by atoms with van der Waals surface area (Å²) in [6, 6.07) is 25.3. The van der Waals surface area contributed by atoms with Crippen molar-refractivity contribution in [2.24, 2.45) is 0 Å². The molecule has 0 spiro atoms. The maximum Gasteiger partial charge on any atom is 0.275 e. The Morgan fingerprint density at radius 1 is 0.931 bits per heavy atom. The number of rotatable bonds is 5. The minimum Gasteiger partial charge on any atom is -0.348 e. The third-order valence-electron chi connectivity index (χ3n) is 4.95. The minimum absolute atomic E-state index is 0.115. The second kappa shape index (κ2) is 8.10. The van der Waals surface area contributed by atoms with E-state index in [1.807, 2.05) is 61.5 Å². The number of hydrogen-bond acceptors (Lipinski definition) is 3. The van der Waals surface area contributed by atoms with Gasteiger partial charge in [0.15, 0.2) is 0 Å². The van der Waals surface area contributed by atoms with Gasteiger partial charge in [0, 0.05) is 5.39 Å². The summed E-state index contributed by atoms with van der Waals surface area (Å²) in [5.74, 6) is -0.255. The molecule has 5 heteroatoms. The SMILES string of the molecule is CC(NC(=O)Cn1ncc2ccccc2c1=O)c1ccc(-c2ccccc2)cc1. The molecule has 1 heterocycles.